The molecule has 2 aliphatic heterocycles. The van der Waals surface area contributed by atoms with E-state index in [1.165, 1.54) is 30.7 Å². The number of amides is 1. The first-order valence-electron chi connectivity index (χ1n) is 6.76. The van der Waals surface area contributed by atoms with Gasteiger partial charge in [-0.1, -0.05) is 0 Å². The molecule has 1 amide bonds. The normalized spacial score (nSPS) is 25.6. The van der Waals surface area contributed by atoms with Crippen LogP contribution in [-0.4, -0.2) is 41.5 Å². The number of rotatable bonds is 2. The maximum atomic E-state index is 12.2. The van der Waals surface area contributed by atoms with Crippen LogP contribution in [0.15, 0.2) is 11.7 Å². The fraction of sp³-hybridized carbons (Fsp3) is 0.692. The maximum Gasteiger partial charge on any atom is 0.265 e. The molecule has 18 heavy (non-hydrogen) atoms. The molecule has 0 spiro atoms. The number of carbonyl (C=O) groups is 1. The molecule has 0 saturated carbocycles. The Morgan fingerprint density at radius 1 is 1.39 bits per heavy atom. The molecular weight excluding hydrogens is 246 g/mol. The molecule has 98 valence electrons. The Hall–Kier alpha value is -0.940. The van der Waals surface area contributed by atoms with E-state index in [9.17, 15) is 4.79 Å². The third-order valence-corrected chi connectivity index (χ3v) is 4.90. The van der Waals surface area contributed by atoms with E-state index in [0.29, 0.717) is 6.04 Å². The summed E-state index contributed by atoms with van der Waals surface area (Å²) in [6.45, 7) is 2.98. The zero-order valence-electron chi connectivity index (χ0n) is 10.5. The molecule has 1 aromatic rings. The van der Waals surface area contributed by atoms with Gasteiger partial charge >= 0.3 is 0 Å². The van der Waals surface area contributed by atoms with Crippen molar-refractivity contribution in [2.24, 2.45) is 5.92 Å². The Morgan fingerprint density at radius 3 is 2.83 bits per heavy atom. The molecule has 0 aromatic carbocycles. The smallest absolute Gasteiger partial charge is 0.265 e. The third-order valence-electron chi connectivity index (χ3n) is 4.14. The highest BCUT2D eigenvalue weighted by Crippen LogP contribution is 2.26. The predicted molar refractivity (Wildman–Crippen MR) is 71.8 cm³/mol. The van der Waals surface area contributed by atoms with Gasteiger partial charge in [0.15, 0.2) is 0 Å². The number of nitrogens with one attached hydrogen (secondary N) is 1. The second kappa shape index (κ2) is 5.36. The number of hydrogen-bond acceptors (Lipinski definition) is 4. The quantitative estimate of drug-likeness (QED) is 0.886. The molecule has 5 heteroatoms. The molecule has 0 bridgehead atoms. The van der Waals surface area contributed by atoms with E-state index in [4.69, 9.17) is 0 Å². The third kappa shape index (κ3) is 2.42. The van der Waals surface area contributed by atoms with Gasteiger partial charge in [-0.15, -0.1) is 11.3 Å². The fourth-order valence-electron chi connectivity index (χ4n) is 3.10. The first-order valence-corrected chi connectivity index (χ1v) is 7.64. The minimum atomic E-state index is 0.162. The van der Waals surface area contributed by atoms with Gasteiger partial charge < -0.3 is 10.2 Å². The molecule has 1 atom stereocenters. The van der Waals surface area contributed by atoms with Crippen LogP contribution in [0.5, 0.6) is 0 Å². The van der Waals surface area contributed by atoms with Crippen molar-refractivity contribution in [1.29, 1.82) is 0 Å². The second-order valence-electron chi connectivity index (χ2n) is 5.20. The lowest BCUT2D eigenvalue weighted by atomic mass is 9.88. The zero-order valence-corrected chi connectivity index (χ0v) is 11.3. The van der Waals surface area contributed by atoms with E-state index in [1.54, 1.807) is 11.7 Å². The number of carbonyl (C=O) groups excluding carboxylic acids is 1. The van der Waals surface area contributed by atoms with Crippen LogP contribution in [0.4, 0.5) is 0 Å². The molecule has 0 radical (unpaired) electrons. The van der Waals surface area contributed by atoms with E-state index < -0.39 is 0 Å². The topological polar surface area (TPSA) is 45.2 Å². The van der Waals surface area contributed by atoms with Crippen molar-refractivity contribution in [3.05, 3.63) is 16.6 Å². The number of hydrogen-bond donors (Lipinski definition) is 1. The van der Waals surface area contributed by atoms with Gasteiger partial charge in [-0.2, -0.15) is 0 Å². The summed E-state index contributed by atoms with van der Waals surface area (Å²) in [6, 6.07) is 0.700. The predicted octanol–water partition coefficient (Wildman–Crippen LogP) is 1.75. The van der Waals surface area contributed by atoms with Crippen molar-refractivity contribution in [1.82, 2.24) is 15.2 Å². The van der Waals surface area contributed by atoms with Crippen molar-refractivity contribution in [3.8, 4) is 0 Å². The summed E-state index contributed by atoms with van der Waals surface area (Å²) in [5.74, 6) is 0.924. The average molecular weight is 265 g/mol. The van der Waals surface area contributed by atoms with Gasteiger partial charge in [0.25, 0.3) is 5.91 Å². The summed E-state index contributed by atoms with van der Waals surface area (Å²) >= 11 is 1.44. The van der Waals surface area contributed by atoms with Gasteiger partial charge in [-0.05, 0) is 38.1 Å². The maximum absolute atomic E-state index is 12.2. The highest BCUT2D eigenvalue weighted by Gasteiger charge is 2.30. The Bertz CT molecular complexity index is 392. The van der Waals surface area contributed by atoms with E-state index in [-0.39, 0.29) is 5.91 Å². The van der Waals surface area contributed by atoms with Gasteiger partial charge in [0, 0.05) is 19.1 Å². The van der Waals surface area contributed by atoms with Crippen LogP contribution in [0.1, 0.15) is 35.4 Å². The minimum Gasteiger partial charge on any atom is -0.338 e. The van der Waals surface area contributed by atoms with Gasteiger partial charge in [0.2, 0.25) is 0 Å². The molecule has 2 aliphatic rings. The number of likely N-dealkylation sites (tertiary alicyclic amines) is 1. The average Bonchev–Trinajstić information content (AvgIpc) is 3.11. The van der Waals surface area contributed by atoms with E-state index in [1.807, 2.05) is 4.90 Å². The molecule has 0 aliphatic carbocycles. The van der Waals surface area contributed by atoms with Crippen molar-refractivity contribution in [3.63, 3.8) is 0 Å². The summed E-state index contributed by atoms with van der Waals surface area (Å²) in [7, 11) is 0. The Kier molecular flexibility index (Phi) is 3.61. The monoisotopic (exact) mass is 265 g/mol. The highest BCUT2D eigenvalue weighted by atomic mass is 32.1. The number of thiazole rings is 1. The van der Waals surface area contributed by atoms with Crippen molar-refractivity contribution in [2.75, 3.05) is 19.6 Å². The molecular formula is C13H19N3OS. The lowest BCUT2D eigenvalue weighted by molar-refractivity contribution is 0.0679. The van der Waals surface area contributed by atoms with Crippen LogP contribution >= 0.6 is 11.3 Å². The van der Waals surface area contributed by atoms with Gasteiger partial charge in [0.05, 0.1) is 11.7 Å². The molecule has 1 N–H and O–H groups in total. The molecule has 2 fully saturated rings. The van der Waals surface area contributed by atoms with E-state index >= 15 is 0 Å². The van der Waals surface area contributed by atoms with Crippen LogP contribution in [-0.2, 0) is 0 Å². The molecule has 3 rings (SSSR count). The van der Waals surface area contributed by atoms with Crippen LogP contribution < -0.4 is 5.32 Å². The molecule has 4 nitrogen and oxygen atoms in total. The minimum absolute atomic E-state index is 0.162. The van der Waals surface area contributed by atoms with Crippen LogP contribution in [0.2, 0.25) is 0 Å². The number of aromatic nitrogens is 1. The SMILES string of the molecule is O=C(c1cncs1)N1CCC(C2CCCN2)CC1. The van der Waals surface area contributed by atoms with Gasteiger partial charge in [0.1, 0.15) is 4.88 Å². The molecule has 2 saturated heterocycles. The van der Waals surface area contributed by atoms with Crippen LogP contribution in [0.25, 0.3) is 0 Å². The Morgan fingerprint density at radius 2 is 2.22 bits per heavy atom. The highest BCUT2D eigenvalue weighted by molar-refractivity contribution is 7.11. The summed E-state index contributed by atoms with van der Waals surface area (Å²) in [5.41, 5.74) is 1.72. The first kappa shape index (κ1) is 12.1. The largest absolute Gasteiger partial charge is 0.338 e. The lowest BCUT2D eigenvalue weighted by Gasteiger charge is -2.34. The summed E-state index contributed by atoms with van der Waals surface area (Å²) in [6.07, 6.45) is 6.58. The van der Waals surface area contributed by atoms with Crippen molar-refractivity contribution < 1.29 is 4.79 Å². The van der Waals surface area contributed by atoms with Gasteiger partial charge in [-0.25, -0.2) is 0 Å². The molecule has 1 aromatic heterocycles. The Balaban J connectivity index is 1.55. The number of nitrogens with zero attached hydrogens (tertiary/aromatic N) is 2. The molecule has 3 heterocycles. The summed E-state index contributed by atoms with van der Waals surface area (Å²) in [5, 5.41) is 3.59. The fourth-order valence-corrected chi connectivity index (χ4v) is 3.68. The standard InChI is InChI=1S/C13H19N3OS/c17-13(12-8-14-9-18-12)16-6-3-10(4-7-16)11-2-1-5-15-11/h8-11,15H,1-7H2. The summed E-state index contributed by atoms with van der Waals surface area (Å²) < 4.78 is 0. The number of piperidine rings is 1. The van der Waals surface area contributed by atoms with Crippen LogP contribution in [0, 0.1) is 5.92 Å². The molecule has 1 unspecified atom stereocenters. The van der Waals surface area contributed by atoms with Gasteiger partial charge in [-0.3, -0.25) is 9.78 Å². The van der Waals surface area contributed by atoms with Crippen molar-refractivity contribution in [2.45, 2.75) is 31.7 Å². The van der Waals surface area contributed by atoms with E-state index in [2.05, 4.69) is 10.3 Å². The zero-order chi connectivity index (χ0) is 12.4. The van der Waals surface area contributed by atoms with Crippen LogP contribution in [0.3, 0.4) is 0 Å². The second-order valence-corrected chi connectivity index (χ2v) is 6.08. The summed E-state index contributed by atoms with van der Waals surface area (Å²) in [4.78, 5) is 18.9. The first-order chi connectivity index (χ1) is 8.84. The van der Waals surface area contributed by atoms with Crippen molar-refractivity contribution >= 4 is 17.2 Å². The van der Waals surface area contributed by atoms with E-state index in [0.717, 1.165) is 36.7 Å². The lowest BCUT2D eigenvalue weighted by Crippen LogP contribution is -2.43. The Labute approximate surface area is 111 Å².